The average Bonchev–Trinajstić information content (AvgIpc) is 3.04. The second-order valence-electron chi connectivity index (χ2n) is 4.99. The van der Waals surface area contributed by atoms with Gasteiger partial charge in [-0.2, -0.15) is 0 Å². The Hall–Kier alpha value is -2.06. The summed E-state index contributed by atoms with van der Waals surface area (Å²) in [6.45, 7) is 0. The Labute approximate surface area is 156 Å². The number of hydrogen-bond acceptors (Lipinski definition) is 2. The average molecular weight is 457 g/mol. The number of benzene rings is 2. The standard InChI is InChI=1S/C17H11ClFIN2O2/c18-12-7-10(20)3-4-14(12)21-15-9-13(19)16(8-11(15)17(23)24)22-5-1-2-6-22/h1-9,21H,(H,23,24). The minimum Gasteiger partial charge on any atom is -0.478 e. The van der Waals surface area contributed by atoms with Crippen LogP contribution < -0.4 is 5.32 Å². The van der Waals surface area contributed by atoms with Gasteiger partial charge >= 0.3 is 5.97 Å². The predicted molar refractivity (Wildman–Crippen MR) is 100 cm³/mol. The van der Waals surface area contributed by atoms with E-state index in [-0.39, 0.29) is 16.9 Å². The normalized spacial score (nSPS) is 10.6. The van der Waals surface area contributed by atoms with E-state index in [4.69, 9.17) is 11.6 Å². The SMILES string of the molecule is O=C(O)c1cc(-n2cccc2)c(F)cc1Nc1ccc(I)cc1Cl. The smallest absolute Gasteiger partial charge is 0.337 e. The maximum absolute atomic E-state index is 14.4. The molecule has 0 aliphatic heterocycles. The van der Waals surface area contributed by atoms with E-state index in [9.17, 15) is 14.3 Å². The first-order valence-corrected chi connectivity index (χ1v) is 8.33. The van der Waals surface area contributed by atoms with Crippen LogP contribution >= 0.6 is 34.2 Å². The van der Waals surface area contributed by atoms with Crippen LogP contribution in [0.3, 0.4) is 0 Å². The van der Waals surface area contributed by atoms with Crippen molar-refractivity contribution in [2.45, 2.75) is 0 Å². The number of carboxylic acid groups (broad SMARTS) is 1. The van der Waals surface area contributed by atoms with Gasteiger partial charge in [-0.3, -0.25) is 0 Å². The summed E-state index contributed by atoms with van der Waals surface area (Å²) in [6, 6.07) is 11.2. The van der Waals surface area contributed by atoms with Crippen molar-refractivity contribution in [3.8, 4) is 5.69 Å². The summed E-state index contributed by atoms with van der Waals surface area (Å²) in [4.78, 5) is 11.6. The van der Waals surface area contributed by atoms with Crippen LogP contribution in [0.5, 0.6) is 0 Å². The molecule has 3 aromatic rings. The molecular weight excluding hydrogens is 446 g/mol. The van der Waals surface area contributed by atoms with E-state index < -0.39 is 11.8 Å². The van der Waals surface area contributed by atoms with Crippen LogP contribution in [0.2, 0.25) is 5.02 Å². The molecule has 0 saturated carbocycles. The number of nitrogens with one attached hydrogen (secondary N) is 1. The van der Waals surface area contributed by atoms with Crippen molar-refractivity contribution in [3.05, 3.63) is 74.8 Å². The molecule has 0 spiro atoms. The van der Waals surface area contributed by atoms with Crippen molar-refractivity contribution in [2.75, 3.05) is 5.32 Å². The largest absolute Gasteiger partial charge is 0.478 e. The molecule has 122 valence electrons. The van der Waals surface area contributed by atoms with E-state index in [0.717, 1.165) is 9.64 Å². The molecule has 24 heavy (non-hydrogen) atoms. The lowest BCUT2D eigenvalue weighted by molar-refractivity contribution is 0.0698. The van der Waals surface area contributed by atoms with Gasteiger partial charge in [-0.1, -0.05) is 11.6 Å². The maximum atomic E-state index is 14.4. The van der Waals surface area contributed by atoms with Gasteiger partial charge in [-0.05, 0) is 59.0 Å². The number of halogens is 3. The highest BCUT2D eigenvalue weighted by Crippen LogP contribution is 2.31. The maximum Gasteiger partial charge on any atom is 0.337 e. The van der Waals surface area contributed by atoms with Crippen LogP contribution in [0.1, 0.15) is 10.4 Å². The Morgan fingerprint density at radius 1 is 1.17 bits per heavy atom. The molecular formula is C17H11ClFIN2O2. The van der Waals surface area contributed by atoms with Gasteiger partial charge in [0.15, 0.2) is 0 Å². The number of rotatable bonds is 4. The Balaban J connectivity index is 2.07. The second kappa shape index (κ2) is 6.82. The van der Waals surface area contributed by atoms with Crippen LogP contribution in [0.15, 0.2) is 54.9 Å². The van der Waals surface area contributed by atoms with Crippen LogP contribution in [-0.4, -0.2) is 15.6 Å². The number of aromatic nitrogens is 1. The zero-order valence-corrected chi connectivity index (χ0v) is 15.0. The fourth-order valence-electron chi connectivity index (χ4n) is 2.27. The number of aromatic carboxylic acids is 1. The molecule has 1 aromatic heterocycles. The third-order valence-electron chi connectivity index (χ3n) is 3.40. The zero-order valence-electron chi connectivity index (χ0n) is 12.1. The molecule has 0 bridgehead atoms. The van der Waals surface area contributed by atoms with Crippen LogP contribution in [0.4, 0.5) is 15.8 Å². The van der Waals surface area contributed by atoms with Crippen molar-refractivity contribution in [2.24, 2.45) is 0 Å². The monoisotopic (exact) mass is 456 g/mol. The van der Waals surface area contributed by atoms with Crippen molar-refractivity contribution in [1.29, 1.82) is 0 Å². The fourth-order valence-corrected chi connectivity index (χ4v) is 3.17. The van der Waals surface area contributed by atoms with Gasteiger partial charge in [0, 0.05) is 22.0 Å². The van der Waals surface area contributed by atoms with Crippen molar-refractivity contribution in [1.82, 2.24) is 4.57 Å². The van der Waals surface area contributed by atoms with Gasteiger partial charge < -0.3 is 15.0 Å². The fraction of sp³-hybridized carbons (Fsp3) is 0. The highest BCUT2D eigenvalue weighted by molar-refractivity contribution is 14.1. The molecule has 4 nitrogen and oxygen atoms in total. The van der Waals surface area contributed by atoms with E-state index in [0.29, 0.717) is 10.7 Å². The summed E-state index contributed by atoms with van der Waals surface area (Å²) in [5.41, 5.74) is 0.762. The highest BCUT2D eigenvalue weighted by Gasteiger charge is 2.17. The lowest BCUT2D eigenvalue weighted by Gasteiger charge is -2.14. The molecule has 2 N–H and O–H groups in total. The number of carboxylic acids is 1. The Bertz CT molecular complexity index is 913. The minimum absolute atomic E-state index is 0.0466. The van der Waals surface area contributed by atoms with Crippen LogP contribution in [-0.2, 0) is 0 Å². The van der Waals surface area contributed by atoms with E-state index >= 15 is 0 Å². The number of carbonyl (C=O) groups is 1. The number of hydrogen-bond donors (Lipinski definition) is 2. The molecule has 0 unspecified atom stereocenters. The van der Waals surface area contributed by atoms with Gasteiger partial charge in [0.25, 0.3) is 0 Å². The van der Waals surface area contributed by atoms with E-state index in [2.05, 4.69) is 27.9 Å². The molecule has 1 heterocycles. The molecule has 0 atom stereocenters. The van der Waals surface area contributed by atoms with E-state index in [1.807, 2.05) is 6.07 Å². The molecule has 0 aliphatic rings. The molecule has 0 radical (unpaired) electrons. The topological polar surface area (TPSA) is 54.3 Å². The lowest BCUT2D eigenvalue weighted by Crippen LogP contribution is -2.07. The lowest BCUT2D eigenvalue weighted by atomic mass is 10.1. The highest BCUT2D eigenvalue weighted by atomic mass is 127. The van der Waals surface area contributed by atoms with Gasteiger partial charge in [0.2, 0.25) is 0 Å². The Morgan fingerprint density at radius 3 is 2.50 bits per heavy atom. The van der Waals surface area contributed by atoms with E-state index in [1.54, 1.807) is 36.7 Å². The molecule has 0 aliphatic carbocycles. The first-order chi connectivity index (χ1) is 11.5. The van der Waals surface area contributed by atoms with Crippen molar-refractivity contribution >= 4 is 51.5 Å². The van der Waals surface area contributed by atoms with E-state index in [1.165, 1.54) is 10.6 Å². The zero-order chi connectivity index (χ0) is 17.3. The summed E-state index contributed by atoms with van der Waals surface area (Å²) >= 11 is 8.27. The second-order valence-corrected chi connectivity index (χ2v) is 6.65. The molecule has 3 rings (SSSR count). The van der Waals surface area contributed by atoms with Gasteiger partial charge in [-0.25, -0.2) is 9.18 Å². The van der Waals surface area contributed by atoms with Gasteiger partial charge in [0.1, 0.15) is 5.82 Å². The van der Waals surface area contributed by atoms with Crippen molar-refractivity contribution in [3.63, 3.8) is 0 Å². The van der Waals surface area contributed by atoms with Gasteiger partial charge in [0.05, 0.1) is 27.6 Å². The van der Waals surface area contributed by atoms with Crippen LogP contribution in [0.25, 0.3) is 5.69 Å². The Morgan fingerprint density at radius 2 is 1.88 bits per heavy atom. The number of nitrogens with zero attached hydrogens (tertiary/aromatic N) is 1. The van der Waals surface area contributed by atoms with Crippen molar-refractivity contribution < 1.29 is 14.3 Å². The Kier molecular flexibility index (Phi) is 4.77. The minimum atomic E-state index is -1.16. The third kappa shape index (κ3) is 3.39. The summed E-state index contributed by atoms with van der Waals surface area (Å²) in [6.07, 6.45) is 3.29. The molecule has 7 heteroatoms. The molecule has 0 amide bonds. The summed E-state index contributed by atoms with van der Waals surface area (Å²) in [5.74, 6) is -1.70. The van der Waals surface area contributed by atoms with Crippen LogP contribution in [0, 0.1) is 9.39 Å². The molecule has 0 saturated heterocycles. The third-order valence-corrected chi connectivity index (χ3v) is 4.38. The number of anilines is 2. The molecule has 0 fully saturated rings. The quantitative estimate of drug-likeness (QED) is 0.523. The first kappa shape index (κ1) is 16.8. The summed E-state index contributed by atoms with van der Waals surface area (Å²) in [7, 11) is 0. The summed E-state index contributed by atoms with van der Waals surface area (Å²) < 4.78 is 16.9. The summed E-state index contributed by atoms with van der Waals surface area (Å²) in [5, 5.41) is 12.8. The molecule has 2 aromatic carbocycles. The van der Waals surface area contributed by atoms with Gasteiger partial charge in [-0.15, -0.1) is 0 Å². The first-order valence-electron chi connectivity index (χ1n) is 6.88. The predicted octanol–water partition coefficient (Wildman–Crippen LogP) is 5.32.